The fourth-order valence-corrected chi connectivity index (χ4v) is 5.69. The number of carbonyl (C=O) groups excluding carboxylic acids is 2. The van der Waals surface area contributed by atoms with E-state index in [1.165, 1.54) is 29.4 Å². The van der Waals surface area contributed by atoms with E-state index >= 15 is 0 Å². The maximum Gasteiger partial charge on any atom is 0.309 e. The van der Waals surface area contributed by atoms with Gasteiger partial charge in [0.2, 0.25) is 0 Å². The van der Waals surface area contributed by atoms with Crippen molar-refractivity contribution in [2.75, 3.05) is 13.7 Å². The molecule has 3 atom stereocenters. The van der Waals surface area contributed by atoms with E-state index in [0.717, 1.165) is 0 Å². The summed E-state index contributed by atoms with van der Waals surface area (Å²) in [5.74, 6) is -1.08. The van der Waals surface area contributed by atoms with E-state index in [2.05, 4.69) is 116 Å². The quantitative estimate of drug-likeness (QED) is 0.350. The second-order valence-electron chi connectivity index (χ2n) is 14.8. The smallest absolute Gasteiger partial charge is 0.309 e. The minimum atomic E-state index is -0.502. The minimum Gasteiger partial charge on any atom is -0.469 e. The van der Waals surface area contributed by atoms with Crippen LogP contribution in [0.3, 0.4) is 0 Å². The Labute approximate surface area is 242 Å². The van der Waals surface area contributed by atoms with Crippen molar-refractivity contribution in [2.24, 2.45) is 11.3 Å². The topological polar surface area (TPSA) is 64.6 Å². The lowest BCUT2D eigenvalue weighted by Gasteiger charge is -2.27. The number of esters is 2. The van der Waals surface area contributed by atoms with E-state index in [9.17, 15) is 9.59 Å². The van der Waals surface area contributed by atoms with Gasteiger partial charge in [-0.05, 0) is 44.9 Å². The summed E-state index contributed by atoms with van der Waals surface area (Å²) in [6.07, 6.45) is 1.07. The van der Waals surface area contributed by atoms with Crippen LogP contribution in [-0.4, -0.2) is 37.7 Å². The first-order valence-corrected chi connectivity index (χ1v) is 14.7. The van der Waals surface area contributed by atoms with Crippen molar-refractivity contribution in [1.82, 2.24) is 5.32 Å². The van der Waals surface area contributed by atoms with Crippen LogP contribution in [0.15, 0.2) is 48.5 Å². The molecular formula is C35H51NO4. The lowest BCUT2D eigenvalue weighted by Crippen LogP contribution is -2.30. The molecular weight excluding hydrogens is 498 g/mol. The second-order valence-corrected chi connectivity index (χ2v) is 14.8. The van der Waals surface area contributed by atoms with Crippen molar-refractivity contribution in [1.29, 1.82) is 0 Å². The van der Waals surface area contributed by atoms with Gasteiger partial charge in [0.25, 0.3) is 0 Å². The van der Waals surface area contributed by atoms with E-state index < -0.39 is 5.92 Å². The summed E-state index contributed by atoms with van der Waals surface area (Å²) in [5, 5.41) is 3.66. The van der Waals surface area contributed by atoms with Gasteiger partial charge in [-0.2, -0.15) is 0 Å². The van der Waals surface area contributed by atoms with Crippen LogP contribution in [-0.2, 0) is 29.9 Å². The van der Waals surface area contributed by atoms with Gasteiger partial charge in [0.15, 0.2) is 0 Å². The summed E-state index contributed by atoms with van der Waals surface area (Å²) in [4.78, 5) is 25.3. The first-order valence-electron chi connectivity index (χ1n) is 14.7. The van der Waals surface area contributed by atoms with Gasteiger partial charge < -0.3 is 14.8 Å². The van der Waals surface area contributed by atoms with Crippen molar-refractivity contribution in [3.63, 3.8) is 0 Å². The third-order valence-corrected chi connectivity index (χ3v) is 7.90. The molecule has 3 rings (SSSR count). The normalized spacial score (nSPS) is 19.0. The maximum absolute atomic E-state index is 12.9. The third-order valence-electron chi connectivity index (χ3n) is 7.90. The number of benzene rings is 2. The molecule has 1 N–H and O–H groups in total. The predicted molar refractivity (Wildman–Crippen MR) is 163 cm³/mol. The Kier molecular flexibility index (Phi) is 9.93. The lowest BCUT2D eigenvalue weighted by molar-refractivity contribution is -0.156. The van der Waals surface area contributed by atoms with Crippen LogP contribution in [0.4, 0.5) is 0 Å². The van der Waals surface area contributed by atoms with Gasteiger partial charge in [0, 0.05) is 24.9 Å². The van der Waals surface area contributed by atoms with E-state index in [-0.39, 0.29) is 52.7 Å². The van der Waals surface area contributed by atoms with Gasteiger partial charge in [0.05, 0.1) is 19.4 Å². The highest BCUT2D eigenvalue weighted by Crippen LogP contribution is 2.36. The van der Waals surface area contributed by atoms with Crippen LogP contribution in [0.2, 0.25) is 0 Å². The number of carbonyl (C=O) groups is 2. The van der Waals surface area contributed by atoms with E-state index in [0.29, 0.717) is 19.4 Å². The molecule has 0 amide bonds. The average Bonchev–Trinajstić information content (AvgIpc) is 3.29. The number of hydrogen-bond donors (Lipinski definition) is 1. The fourth-order valence-electron chi connectivity index (χ4n) is 5.69. The van der Waals surface area contributed by atoms with Crippen LogP contribution in [0.5, 0.6) is 0 Å². The average molecular weight is 550 g/mol. The van der Waals surface area contributed by atoms with Crippen LogP contribution >= 0.6 is 0 Å². The summed E-state index contributed by atoms with van der Waals surface area (Å²) in [6, 6.07) is 18.1. The number of methoxy groups -OCH3 is 1. The molecule has 0 spiro atoms. The van der Waals surface area contributed by atoms with Crippen molar-refractivity contribution in [3.8, 4) is 0 Å². The number of rotatable bonds is 8. The van der Waals surface area contributed by atoms with Gasteiger partial charge in [-0.15, -0.1) is 0 Å². The Bertz CT molecular complexity index is 1070. The van der Waals surface area contributed by atoms with Crippen LogP contribution in [0, 0.1) is 11.3 Å². The number of hydrogen-bond acceptors (Lipinski definition) is 5. The summed E-state index contributed by atoms with van der Waals surface area (Å²) in [6.45, 7) is 20.1. The first-order chi connectivity index (χ1) is 18.5. The molecule has 1 heterocycles. The van der Waals surface area contributed by atoms with Gasteiger partial charge >= 0.3 is 11.9 Å². The van der Waals surface area contributed by atoms with Crippen LogP contribution < -0.4 is 5.32 Å². The monoisotopic (exact) mass is 549 g/mol. The summed E-state index contributed by atoms with van der Waals surface area (Å²) >= 11 is 0. The Balaban J connectivity index is 1.80. The van der Waals surface area contributed by atoms with Crippen molar-refractivity contribution in [2.45, 2.75) is 110 Å². The zero-order valence-electron chi connectivity index (χ0n) is 26.4. The molecule has 1 fully saturated rings. The molecule has 0 aliphatic carbocycles. The summed E-state index contributed by atoms with van der Waals surface area (Å²) in [5.41, 5.74) is 5.18. The SMILES string of the molecule is COC(=O)[C@@H](CC(=O)O[C@H]1CN[C@@H](C(c2ccc(C(C)(C)C)cc2)c2ccc(C(C)(C)C)cc2)C1)CC(C)(C)C. The molecule has 1 aliphatic heterocycles. The molecule has 1 saturated heterocycles. The molecule has 0 radical (unpaired) electrons. The molecule has 0 unspecified atom stereocenters. The van der Waals surface area contributed by atoms with E-state index in [1.807, 2.05) is 0 Å². The standard InChI is InChI=1S/C35H51NO4/c1-33(2,3)21-25(32(38)39-10)19-30(37)40-28-20-29(36-22-28)31(23-11-15-26(16-12-23)34(4,5)6)24-13-17-27(18-14-24)35(7,8)9/h11-18,25,28-29,31,36H,19-22H2,1-10H3/t25-,28+,29+/m0/s1. The Morgan fingerprint density at radius 3 is 1.70 bits per heavy atom. The Morgan fingerprint density at radius 2 is 1.30 bits per heavy atom. The molecule has 40 heavy (non-hydrogen) atoms. The van der Waals surface area contributed by atoms with E-state index in [4.69, 9.17) is 9.47 Å². The second kappa shape index (κ2) is 12.5. The minimum absolute atomic E-state index is 0.0388. The van der Waals surface area contributed by atoms with Gasteiger partial charge in [-0.3, -0.25) is 9.59 Å². The molecule has 0 aromatic heterocycles. The molecule has 5 heteroatoms. The van der Waals surface area contributed by atoms with Gasteiger partial charge in [0.1, 0.15) is 6.10 Å². The Morgan fingerprint density at radius 1 is 0.825 bits per heavy atom. The largest absolute Gasteiger partial charge is 0.469 e. The molecule has 5 nitrogen and oxygen atoms in total. The molecule has 0 bridgehead atoms. The number of nitrogens with one attached hydrogen (secondary N) is 1. The molecule has 2 aromatic rings. The Hall–Kier alpha value is -2.66. The number of ether oxygens (including phenoxy) is 2. The van der Waals surface area contributed by atoms with E-state index in [1.54, 1.807) is 0 Å². The molecule has 1 aliphatic rings. The third kappa shape index (κ3) is 8.67. The predicted octanol–water partition coefficient (Wildman–Crippen LogP) is 7.30. The molecule has 0 saturated carbocycles. The zero-order chi connectivity index (χ0) is 29.9. The maximum atomic E-state index is 12.9. The van der Waals surface area contributed by atoms with Crippen molar-refractivity contribution in [3.05, 3.63) is 70.8 Å². The zero-order valence-corrected chi connectivity index (χ0v) is 26.4. The van der Waals surface area contributed by atoms with Crippen LogP contribution in [0.1, 0.15) is 110 Å². The molecule has 220 valence electrons. The summed E-state index contributed by atoms with van der Waals surface area (Å²) in [7, 11) is 1.37. The summed E-state index contributed by atoms with van der Waals surface area (Å²) < 4.78 is 10.9. The van der Waals surface area contributed by atoms with Gasteiger partial charge in [-0.1, -0.05) is 111 Å². The van der Waals surface area contributed by atoms with Crippen molar-refractivity contribution >= 4 is 11.9 Å². The van der Waals surface area contributed by atoms with Crippen LogP contribution in [0.25, 0.3) is 0 Å². The fraction of sp³-hybridized carbons (Fsp3) is 0.600. The molecule has 2 aromatic carbocycles. The highest BCUT2D eigenvalue weighted by Gasteiger charge is 2.36. The van der Waals surface area contributed by atoms with Crippen molar-refractivity contribution < 1.29 is 19.1 Å². The van der Waals surface area contributed by atoms with Gasteiger partial charge in [-0.25, -0.2) is 0 Å². The highest BCUT2D eigenvalue weighted by atomic mass is 16.5. The highest BCUT2D eigenvalue weighted by molar-refractivity contribution is 5.80. The lowest BCUT2D eigenvalue weighted by atomic mass is 9.80. The first kappa shape index (κ1) is 31.9.